The standard InChI is InChI=1S/C21H17N3O3/c1-27-17-10-7-15(8-11-17)21-22-19-12-9-16(24(25)26)13-18(19)20(23-21)14-5-3-2-4-6-14/h2-13,21-22H,1H3. The maximum atomic E-state index is 11.2. The molecule has 6 nitrogen and oxygen atoms in total. The van der Waals surface area contributed by atoms with E-state index in [1.165, 1.54) is 6.07 Å². The molecular weight excluding hydrogens is 342 g/mol. The first kappa shape index (κ1) is 16.8. The van der Waals surface area contributed by atoms with Gasteiger partial charge in [-0.1, -0.05) is 42.5 Å². The molecule has 1 aliphatic heterocycles. The Labute approximate surface area is 156 Å². The highest BCUT2D eigenvalue weighted by Crippen LogP contribution is 2.34. The van der Waals surface area contributed by atoms with Crippen LogP contribution in [-0.2, 0) is 0 Å². The molecular formula is C21H17N3O3. The minimum Gasteiger partial charge on any atom is -0.497 e. The second-order valence-electron chi connectivity index (χ2n) is 6.15. The first-order valence-corrected chi connectivity index (χ1v) is 8.48. The lowest BCUT2D eigenvalue weighted by Gasteiger charge is -2.26. The van der Waals surface area contributed by atoms with E-state index in [0.29, 0.717) is 0 Å². The molecule has 6 heteroatoms. The van der Waals surface area contributed by atoms with Crippen molar-refractivity contribution in [1.29, 1.82) is 0 Å². The van der Waals surface area contributed by atoms with Crippen LogP contribution < -0.4 is 10.1 Å². The molecule has 27 heavy (non-hydrogen) atoms. The van der Waals surface area contributed by atoms with Gasteiger partial charge < -0.3 is 10.1 Å². The molecule has 0 spiro atoms. The quantitative estimate of drug-likeness (QED) is 0.547. The van der Waals surface area contributed by atoms with Crippen LogP contribution in [0.2, 0.25) is 0 Å². The third kappa shape index (κ3) is 3.25. The number of hydrogen-bond acceptors (Lipinski definition) is 5. The lowest BCUT2D eigenvalue weighted by molar-refractivity contribution is -0.384. The summed E-state index contributed by atoms with van der Waals surface area (Å²) >= 11 is 0. The predicted octanol–water partition coefficient (Wildman–Crippen LogP) is 4.57. The Balaban J connectivity index is 1.83. The highest BCUT2D eigenvalue weighted by Gasteiger charge is 2.24. The number of nitrogens with one attached hydrogen (secondary N) is 1. The van der Waals surface area contributed by atoms with Gasteiger partial charge in [-0.2, -0.15) is 0 Å². The summed E-state index contributed by atoms with van der Waals surface area (Å²) in [5.74, 6) is 0.776. The van der Waals surface area contributed by atoms with Crippen molar-refractivity contribution >= 4 is 17.1 Å². The first-order valence-electron chi connectivity index (χ1n) is 8.48. The SMILES string of the molecule is COc1ccc(C2N=C(c3ccccc3)c3cc([N+](=O)[O-])ccc3N2)cc1. The average Bonchev–Trinajstić information content (AvgIpc) is 2.73. The number of hydrogen-bond donors (Lipinski definition) is 1. The first-order chi connectivity index (χ1) is 13.2. The number of methoxy groups -OCH3 is 1. The van der Waals surface area contributed by atoms with E-state index in [2.05, 4.69) is 5.32 Å². The van der Waals surface area contributed by atoms with Gasteiger partial charge in [0.25, 0.3) is 5.69 Å². The summed E-state index contributed by atoms with van der Waals surface area (Å²) < 4.78 is 5.22. The number of ether oxygens (including phenoxy) is 1. The van der Waals surface area contributed by atoms with E-state index < -0.39 is 4.92 Å². The van der Waals surface area contributed by atoms with E-state index in [1.54, 1.807) is 19.2 Å². The van der Waals surface area contributed by atoms with Crippen molar-refractivity contribution in [2.24, 2.45) is 4.99 Å². The van der Waals surface area contributed by atoms with E-state index in [-0.39, 0.29) is 11.9 Å². The van der Waals surface area contributed by atoms with Crippen LogP contribution in [0.3, 0.4) is 0 Å². The van der Waals surface area contributed by atoms with E-state index in [1.807, 2.05) is 54.6 Å². The van der Waals surface area contributed by atoms with Crippen molar-refractivity contribution in [3.63, 3.8) is 0 Å². The topological polar surface area (TPSA) is 76.8 Å². The van der Waals surface area contributed by atoms with Crippen molar-refractivity contribution in [1.82, 2.24) is 0 Å². The number of nitro benzene ring substituents is 1. The molecule has 1 unspecified atom stereocenters. The maximum absolute atomic E-state index is 11.2. The average molecular weight is 359 g/mol. The van der Waals surface area contributed by atoms with Gasteiger partial charge in [0.2, 0.25) is 0 Å². The maximum Gasteiger partial charge on any atom is 0.270 e. The number of fused-ring (bicyclic) bond motifs is 1. The number of rotatable bonds is 4. The molecule has 1 N–H and O–H groups in total. The van der Waals surface area contributed by atoms with Gasteiger partial charge in [0.15, 0.2) is 0 Å². The summed E-state index contributed by atoms with van der Waals surface area (Å²) in [7, 11) is 1.63. The molecule has 0 bridgehead atoms. The van der Waals surface area contributed by atoms with E-state index in [4.69, 9.17) is 9.73 Å². The Morgan fingerprint density at radius 3 is 2.44 bits per heavy atom. The summed E-state index contributed by atoms with van der Waals surface area (Å²) in [5, 5.41) is 14.6. The number of nitro groups is 1. The lowest BCUT2D eigenvalue weighted by Crippen LogP contribution is -2.20. The Kier molecular flexibility index (Phi) is 4.30. The Bertz CT molecular complexity index is 1010. The molecule has 0 saturated carbocycles. The van der Waals surface area contributed by atoms with Gasteiger partial charge in [0.1, 0.15) is 11.9 Å². The third-order valence-electron chi connectivity index (χ3n) is 4.50. The van der Waals surface area contributed by atoms with Crippen LogP contribution >= 0.6 is 0 Å². The fourth-order valence-corrected chi connectivity index (χ4v) is 3.12. The fraction of sp³-hybridized carbons (Fsp3) is 0.0952. The van der Waals surface area contributed by atoms with Crippen LogP contribution in [0, 0.1) is 10.1 Å². The fourth-order valence-electron chi connectivity index (χ4n) is 3.12. The molecule has 3 aromatic carbocycles. The van der Waals surface area contributed by atoms with Crippen LogP contribution in [-0.4, -0.2) is 17.7 Å². The van der Waals surface area contributed by atoms with Crippen LogP contribution in [0.25, 0.3) is 0 Å². The molecule has 0 saturated heterocycles. The zero-order valence-corrected chi connectivity index (χ0v) is 14.6. The number of non-ortho nitro benzene ring substituents is 1. The normalized spacial score (nSPS) is 15.3. The van der Waals surface area contributed by atoms with E-state index in [0.717, 1.165) is 33.8 Å². The van der Waals surface area contributed by atoms with Crippen LogP contribution in [0.15, 0.2) is 77.8 Å². The zero-order chi connectivity index (χ0) is 18.8. The van der Waals surface area contributed by atoms with Crippen LogP contribution in [0.4, 0.5) is 11.4 Å². The predicted molar refractivity (Wildman–Crippen MR) is 105 cm³/mol. The molecule has 0 amide bonds. The van der Waals surface area contributed by atoms with Crippen molar-refractivity contribution < 1.29 is 9.66 Å². The molecule has 1 atom stereocenters. The Morgan fingerprint density at radius 2 is 1.78 bits per heavy atom. The van der Waals surface area contributed by atoms with Gasteiger partial charge in [-0.15, -0.1) is 0 Å². The lowest BCUT2D eigenvalue weighted by atomic mass is 9.97. The molecule has 0 fully saturated rings. The van der Waals surface area contributed by atoms with E-state index >= 15 is 0 Å². The summed E-state index contributed by atoms with van der Waals surface area (Å²) in [6, 6.07) is 22.2. The van der Waals surface area contributed by atoms with E-state index in [9.17, 15) is 10.1 Å². The summed E-state index contributed by atoms with van der Waals surface area (Å²) in [6.07, 6.45) is -0.292. The molecule has 3 aromatic rings. The van der Waals surface area contributed by atoms with Crippen molar-refractivity contribution in [3.8, 4) is 5.75 Å². The Hall–Kier alpha value is -3.67. The summed E-state index contributed by atoms with van der Waals surface area (Å²) in [4.78, 5) is 15.7. The van der Waals surface area contributed by atoms with Crippen molar-refractivity contribution in [2.45, 2.75) is 6.17 Å². The number of nitrogens with zero attached hydrogens (tertiary/aromatic N) is 2. The molecule has 1 heterocycles. The highest BCUT2D eigenvalue weighted by atomic mass is 16.6. The van der Waals surface area contributed by atoms with Crippen LogP contribution in [0.1, 0.15) is 22.9 Å². The Morgan fingerprint density at radius 1 is 1.04 bits per heavy atom. The molecule has 0 aliphatic carbocycles. The number of anilines is 1. The zero-order valence-electron chi connectivity index (χ0n) is 14.6. The largest absolute Gasteiger partial charge is 0.497 e. The number of benzene rings is 3. The second kappa shape index (κ2) is 6.92. The third-order valence-corrected chi connectivity index (χ3v) is 4.50. The summed E-state index contributed by atoms with van der Waals surface area (Å²) in [5.41, 5.74) is 4.21. The molecule has 1 aliphatic rings. The molecule has 4 rings (SSSR count). The smallest absolute Gasteiger partial charge is 0.270 e. The van der Waals surface area contributed by atoms with Crippen molar-refractivity contribution in [2.75, 3.05) is 12.4 Å². The van der Waals surface area contributed by atoms with Gasteiger partial charge in [-0.05, 0) is 23.8 Å². The monoisotopic (exact) mass is 359 g/mol. The van der Waals surface area contributed by atoms with Gasteiger partial charge in [0, 0.05) is 28.9 Å². The van der Waals surface area contributed by atoms with Gasteiger partial charge in [0.05, 0.1) is 17.7 Å². The number of aliphatic imine (C=N–C) groups is 1. The molecule has 0 aromatic heterocycles. The highest BCUT2D eigenvalue weighted by molar-refractivity contribution is 6.17. The summed E-state index contributed by atoms with van der Waals surface area (Å²) in [6.45, 7) is 0. The van der Waals surface area contributed by atoms with Gasteiger partial charge in [-0.25, -0.2) is 0 Å². The van der Waals surface area contributed by atoms with Crippen molar-refractivity contribution in [3.05, 3.63) is 99.6 Å². The van der Waals surface area contributed by atoms with Gasteiger partial charge in [-0.3, -0.25) is 15.1 Å². The van der Waals surface area contributed by atoms with Gasteiger partial charge >= 0.3 is 0 Å². The minimum atomic E-state index is -0.390. The second-order valence-corrected chi connectivity index (χ2v) is 6.15. The molecule has 134 valence electrons. The molecule has 0 radical (unpaired) electrons. The van der Waals surface area contributed by atoms with Crippen LogP contribution in [0.5, 0.6) is 5.75 Å². The minimum absolute atomic E-state index is 0.0436.